The van der Waals surface area contributed by atoms with Crippen molar-refractivity contribution in [3.8, 4) is 5.75 Å². The summed E-state index contributed by atoms with van der Waals surface area (Å²) < 4.78 is 6.91. The van der Waals surface area contributed by atoms with E-state index < -0.39 is 0 Å². The van der Waals surface area contributed by atoms with Crippen LogP contribution in [-0.4, -0.2) is 6.21 Å². The SMILES string of the molecule is Clc1ccc(CN/N=C\c2cccc(OCc3ccc(Br)cc3)c2)cc1. The highest BCUT2D eigenvalue weighted by molar-refractivity contribution is 9.10. The fourth-order valence-corrected chi connectivity index (χ4v) is 2.68. The molecular formula is C21H18BrClN2O. The van der Waals surface area contributed by atoms with Crippen molar-refractivity contribution in [1.29, 1.82) is 0 Å². The van der Waals surface area contributed by atoms with Gasteiger partial charge >= 0.3 is 0 Å². The third-order valence-corrected chi connectivity index (χ3v) is 4.46. The summed E-state index contributed by atoms with van der Waals surface area (Å²) in [4.78, 5) is 0. The third kappa shape index (κ3) is 5.90. The van der Waals surface area contributed by atoms with Gasteiger partial charge in [-0.05, 0) is 53.1 Å². The monoisotopic (exact) mass is 428 g/mol. The first-order valence-electron chi connectivity index (χ1n) is 8.17. The first-order chi connectivity index (χ1) is 12.7. The molecule has 0 amide bonds. The van der Waals surface area contributed by atoms with E-state index in [9.17, 15) is 0 Å². The van der Waals surface area contributed by atoms with Crippen molar-refractivity contribution in [3.63, 3.8) is 0 Å². The lowest BCUT2D eigenvalue weighted by molar-refractivity contribution is 0.306. The summed E-state index contributed by atoms with van der Waals surface area (Å²) in [7, 11) is 0. The number of nitrogens with zero attached hydrogens (tertiary/aromatic N) is 1. The number of hydrazone groups is 1. The van der Waals surface area contributed by atoms with Gasteiger partial charge in [0.15, 0.2) is 0 Å². The number of rotatable bonds is 7. The number of benzene rings is 3. The molecule has 3 aromatic carbocycles. The van der Waals surface area contributed by atoms with Gasteiger partial charge in [0.05, 0.1) is 12.8 Å². The molecule has 5 heteroatoms. The van der Waals surface area contributed by atoms with E-state index in [1.165, 1.54) is 0 Å². The Morgan fingerprint density at radius 2 is 1.69 bits per heavy atom. The van der Waals surface area contributed by atoms with E-state index in [-0.39, 0.29) is 0 Å². The van der Waals surface area contributed by atoms with Crippen LogP contribution in [0.5, 0.6) is 5.75 Å². The summed E-state index contributed by atoms with van der Waals surface area (Å²) in [6, 6.07) is 23.6. The maximum Gasteiger partial charge on any atom is 0.120 e. The van der Waals surface area contributed by atoms with Gasteiger partial charge in [-0.3, -0.25) is 0 Å². The second-order valence-corrected chi connectivity index (χ2v) is 7.06. The van der Waals surface area contributed by atoms with Crippen molar-refractivity contribution in [2.75, 3.05) is 0 Å². The molecular weight excluding hydrogens is 412 g/mol. The molecule has 0 spiro atoms. The van der Waals surface area contributed by atoms with Gasteiger partial charge in [-0.15, -0.1) is 0 Å². The van der Waals surface area contributed by atoms with Crippen molar-refractivity contribution < 1.29 is 4.74 Å². The van der Waals surface area contributed by atoms with E-state index in [4.69, 9.17) is 16.3 Å². The summed E-state index contributed by atoms with van der Waals surface area (Å²) in [5, 5.41) is 4.99. The van der Waals surface area contributed by atoms with Crippen molar-refractivity contribution in [1.82, 2.24) is 5.43 Å². The molecule has 0 saturated heterocycles. The third-order valence-electron chi connectivity index (χ3n) is 3.68. The van der Waals surface area contributed by atoms with Crippen LogP contribution in [0.15, 0.2) is 82.4 Å². The molecule has 3 aromatic rings. The lowest BCUT2D eigenvalue weighted by atomic mass is 10.2. The quantitative estimate of drug-likeness (QED) is 0.380. The summed E-state index contributed by atoms with van der Waals surface area (Å²) in [6.07, 6.45) is 1.78. The Bertz CT molecular complexity index is 864. The molecule has 132 valence electrons. The molecule has 0 aliphatic carbocycles. The van der Waals surface area contributed by atoms with Crippen LogP contribution in [0.3, 0.4) is 0 Å². The Hall–Kier alpha value is -2.30. The van der Waals surface area contributed by atoms with Crippen LogP contribution in [0.4, 0.5) is 0 Å². The van der Waals surface area contributed by atoms with E-state index in [0.717, 1.165) is 31.9 Å². The molecule has 0 fully saturated rings. The van der Waals surface area contributed by atoms with Crippen LogP contribution in [0.1, 0.15) is 16.7 Å². The van der Waals surface area contributed by atoms with Gasteiger partial charge in [-0.25, -0.2) is 0 Å². The van der Waals surface area contributed by atoms with Crippen molar-refractivity contribution in [2.24, 2.45) is 5.10 Å². The first kappa shape index (κ1) is 18.5. The number of halogens is 2. The molecule has 3 nitrogen and oxygen atoms in total. The zero-order valence-electron chi connectivity index (χ0n) is 14.0. The number of ether oxygens (including phenoxy) is 1. The smallest absolute Gasteiger partial charge is 0.120 e. The molecule has 0 aliphatic heterocycles. The lowest BCUT2D eigenvalue weighted by Crippen LogP contribution is -2.05. The lowest BCUT2D eigenvalue weighted by Gasteiger charge is -2.07. The number of hydrogen-bond donors (Lipinski definition) is 1. The van der Waals surface area contributed by atoms with E-state index in [2.05, 4.69) is 26.5 Å². The molecule has 0 atom stereocenters. The largest absolute Gasteiger partial charge is 0.489 e. The van der Waals surface area contributed by atoms with Crippen molar-refractivity contribution in [2.45, 2.75) is 13.2 Å². The van der Waals surface area contributed by atoms with Crippen molar-refractivity contribution >= 4 is 33.7 Å². The fourth-order valence-electron chi connectivity index (χ4n) is 2.29. The van der Waals surface area contributed by atoms with Crippen LogP contribution in [0.2, 0.25) is 5.02 Å². The van der Waals surface area contributed by atoms with E-state index in [0.29, 0.717) is 13.2 Å². The maximum absolute atomic E-state index is 5.88. The number of nitrogens with one attached hydrogen (secondary N) is 1. The Balaban J connectivity index is 1.51. The molecule has 0 unspecified atom stereocenters. The molecule has 0 radical (unpaired) electrons. The second kappa shape index (κ2) is 9.41. The minimum atomic E-state index is 0.530. The van der Waals surface area contributed by atoms with Gasteiger partial charge < -0.3 is 10.2 Å². The van der Waals surface area contributed by atoms with Crippen LogP contribution in [0.25, 0.3) is 0 Å². The topological polar surface area (TPSA) is 33.6 Å². The first-order valence-corrected chi connectivity index (χ1v) is 9.34. The highest BCUT2D eigenvalue weighted by Gasteiger charge is 1.98. The molecule has 26 heavy (non-hydrogen) atoms. The Kier molecular flexibility index (Phi) is 6.69. The van der Waals surface area contributed by atoms with Gasteiger partial charge in [0, 0.05) is 9.50 Å². The van der Waals surface area contributed by atoms with E-state index in [1.807, 2.05) is 72.8 Å². The minimum Gasteiger partial charge on any atom is -0.489 e. The van der Waals surface area contributed by atoms with Gasteiger partial charge in [0.1, 0.15) is 12.4 Å². The molecule has 0 heterocycles. The van der Waals surface area contributed by atoms with Gasteiger partial charge in [0.2, 0.25) is 0 Å². The van der Waals surface area contributed by atoms with E-state index >= 15 is 0 Å². The van der Waals surface area contributed by atoms with Crippen LogP contribution in [-0.2, 0) is 13.2 Å². The molecule has 0 aliphatic rings. The highest BCUT2D eigenvalue weighted by atomic mass is 79.9. The summed E-state index contributed by atoms with van der Waals surface area (Å²) in [5.74, 6) is 0.814. The molecule has 0 aromatic heterocycles. The minimum absolute atomic E-state index is 0.530. The molecule has 0 saturated carbocycles. The molecule has 3 rings (SSSR count). The van der Waals surface area contributed by atoms with Gasteiger partial charge in [0.25, 0.3) is 0 Å². The zero-order valence-corrected chi connectivity index (χ0v) is 16.4. The molecule has 1 N–H and O–H groups in total. The fraction of sp³-hybridized carbons (Fsp3) is 0.0952. The Labute approximate surface area is 166 Å². The number of hydrogen-bond acceptors (Lipinski definition) is 3. The van der Waals surface area contributed by atoms with Gasteiger partial charge in [-0.1, -0.05) is 63.9 Å². The zero-order chi connectivity index (χ0) is 18.2. The Morgan fingerprint density at radius 3 is 2.46 bits per heavy atom. The average molecular weight is 430 g/mol. The second-order valence-electron chi connectivity index (χ2n) is 5.71. The van der Waals surface area contributed by atoms with Crippen molar-refractivity contribution in [3.05, 3.63) is 99.0 Å². The molecule has 0 bridgehead atoms. The summed E-state index contributed by atoms with van der Waals surface area (Å²) in [5.41, 5.74) is 6.25. The van der Waals surface area contributed by atoms with Gasteiger partial charge in [-0.2, -0.15) is 5.10 Å². The summed E-state index contributed by atoms with van der Waals surface area (Å²) >= 11 is 9.31. The van der Waals surface area contributed by atoms with Crippen LogP contribution >= 0.6 is 27.5 Å². The normalized spacial score (nSPS) is 10.8. The maximum atomic E-state index is 5.88. The van der Waals surface area contributed by atoms with Crippen LogP contribution < -0.4 is 10.2 Å². The average Bonchev–Trinajstić information content (AvgIpc) is 2.67. The highest BCUT2D eigenvalue weighted by Crippen LogP contribution is 2.16. The predicted molar refractivity (Wildman–Crippen MR) is 111 cm³/mol. The van der Waals surface area contributed by atoms with Crippen LogP contribution in [0, 0.1) is 0 Å². The standard InChI is InChI=1S/C21H18BrClN2O/c22-19-8-4-17(5-9-19)15-26-21-3-1-2-18(12-21)14-25-24-13-16-6-10-20(23)11-7-16/h1-12,14,24H,13,15H2/b25-14-. The summed E-state index contributed by atoms with van der Waals surface area (Å²) in [6.45, 7) is 1.18. The Morgan fingerprint density at radius 1 is 0.962 bits per heavy atom. The van der Waals surface area contributed by atoms with E-state index in [1.54, 1.807) is 6.21 Å². The predicted octanol–water partition coefficient (Wildman–Crippen LogP) is 5.81.